The van der Waals surface area contributed by atoms with Crippen LogP contribution in [0.1, 0.15) is 53.2 Å². The smallest absolute Gasteiger partial charge is 0.492 e. The van der Waals surface area contributed by atoms with Crippen LogP contribution in [0, 0.1) is 0 Å². The Labute approximate surface area is 160 Å². The van der Waals surface area contributed by atoms with Crippen molar-refractivity contribution in [3.8, 4) is 11.6 Å². The molecule has 0 aliphatic carbocycles. The van der Waals surface area contributed by atoms with Crippen LogP contribution in [0.5, 0.6) is 11.6 Å². The van der Waals surface area contributed by atoms with Gasteiger partial charge in [-0.2, -0.15) is 0 Å². The summed E-state index contributed by atoms with van der Waals surface area (Å²) in [6.07, 6.45) is 0. The lowest BCUT2D eigenvalue weighted by Crippen LogP contribution is -2.41. The van der Waals surface area contributed by atoms with Crippen LogP contribution in [0.2, 0.25) is 0 Å². The molecule has 0 amide bonds. The molecular formula is C19H28BN3O4. The molecule has 3 rings (SSSR count). The van der Waals surface area contributed by atoms with Gasteiger partial charge in [0.25, 0.3) is 5.88 Å². The number of rotatable bonds is 6. The zero-order valence-corrected chi connectivity index (χ0v) is 16.9. The number of nitrogens with zero attached hydrogens (tertiary/aromatic N) is 3. The third-order valence-corrected chi connectivity index (χ3v) is 5.28. The molecule has 1 fully saturated rings. The van der Waals surface area contributed by atoms with Crippen molar-refractivity contribution in [2.24, 2.45) is 0 Å². The zero-order valence-electron chi connectivity index (χ0n) is 16.9. The minimum atomic E-state index is -0.379. The first-order chi connectivity index (χ1) is 12.6. The van der Waals surface area contributed by atoms with Crippen LogP contribution in [0.25, 0.3) is 0 Å². The Balaban J connectivity index is 1.58. The van der Waals surface area contributed by atoms with Gasteiger partial charge in [0.1, 0.15) is 18.1 Å². The average Bonchev–Trinajstić information content (AvgIpc) is 3.04. The second-order valence-electron chi connectivity index (χ2n) is 8.18. The summed E-state index contributed by atoms with van der Waals surface area (Å²) in [4.78, 5) is 0. The summed E-state index contributed by atoms with van der Waals surface area (Å²) in [6.45, 7) is 13.1. The molecule has 1 aromatic heterocycles. The van der Waals surface area contributed by atoms with Gasteiger partial charge in [-0.3, -0.25) is 0 Å². The van der Waals surface area contributed by atoms with E-state index in [0.29, 0.717) is 13.2 Å². The topological polar surface area (TPSA) is 78.6 Å². The average molecular weight is 373 g/mol. The Morgan fingerprint density at radius 2 is 1.70 bits per heavy atom. The Hall–Kier alpha value is -2.06. The first-order valence-electron chi connectivity index (χ1n) is 9.31. The fraction of sp³-hybridized carbons (Fsp3) is 0.579. The summed E-state index contributed by atoms with van der Waals surface area (Å²) in [5.74, 6) is 0.877. The third kappa shape index (κ3) is 3.96. The third-order valence-electron chi connectivity index (χ3n) is 5.28. The lowest BCUT2D eigenvalue weighted by molar-refractivity contribution is 0.00578. The fourth-order valence-electron chi connectivity index (χ4n) is 2.98. The van der Waals surface area contributed by atoms with Crippen molar-refractivity contribution in [1.82, 2.24) is 15.0 Å². The van der Waals surface area contributed by atoms with E-state index in [1.807, 2.05) is 65.8 Å². The first kappa shape index (κ1) is 19.7. The molecule has 2 heterocycles. The van der Waals surface area contributed by atoms with Gasteiger partial charge in [-0.15, -0.1) is 0 Å². The second-order valence-corrected chi connectivity index (χ2v) is 8.18. The highest BCUT2D eigenvalue weighted by molar-refractivity contribution is 6.62. The van der Waals surface area contributed by atoms with E-state index in [4.69, 9.17) is 14.0 Å². The van der Waals surface area contributed by atoms with Crippen LogP contribution in [0.15, 0.2) is 24.3 Å². The SMILES string of the molecule is CC(C)c1c(O)nnn1CCOc1ccc(B2OC(C)(C)C(C)(C)O2)cc1. The Morgan fingerprint density at radius 3 is 2.26 bits per heavy atom. The van der Waals surface area contributed by atoms with Crippen molar-refractivity contribution in [1.29, 1.82) is 0 Å². The summed E-state index contributed by atoms with van der Waals surface area (Å²) < 4.78 is 19.6. The predicted molar refractivity (Wildman–Crippen MR) is 103 cm³/mol. The number of aromatic hydroxyl groups is 1. The quantitative estimate of drug-likeness (QED) is 0.784. The van der Waals surface area contributed by atoms with Gasteiger partial charge in [-0.25, -0.2) is 4.68 Å². The molecule has 1 aliphatic rings. The van der Waals surface area contributed by atoms with Crippen molar-refractivity contribution < 1.29 is 19.2 Å². The van der Waals surface area contributed by atoms with E-state index in [-0.39, 0.29) is 30.1 Å². The van der Waals surface area contributed by atoms with E-state index in [0.717, 1.165) is 16.9 Å². The van der Waals surface area contributed by atoms with Gasteiger partial charge in [0.2, 0.25) is 0 Å². The maximum atomic E-state index is 9.77. The molecule has 1 N–H and O–H groups in total. The van der Waals surface area contributed by atoms with E-state index in [1.54, 1.807) is 4.68 Å². The van der Waals surface area contributed by atoms with Crippen molar-refractivity contribution in [2.75, 3.05) is 6.61 Å². The number of hydrogen-bond acceptors (Lipinski definition) is 6. The van der Waals surface area contributed by atoms with Gasteiger partial charge in [-0.05, 0) is 45.3 Å². The Morgan fingerprint density at radius 1 is 1.11 bits per heavy atom. The molecule has 0 saturated carbocycles. The minimum absolute atomic E-state index is 0.0169. The van der Waals surface area contributed by atoms with Crippen LogP contribution in [0.3, 0.4) is 0 Å². The molecule has 2 aromatic rings. The molecule has 1 saturated heterocycles. The van der Waals surface area contributed by atoms with Crippen molar-refractivity contribution in [2.45, 2.75) is 65.2 Å². The number of hydrogen-bond donors (Lipinski definition) is 1. The highest BCUT2D eigenvalue weighted by atomic mass is 16.7. The van der Waals surface area contributed by atoms with Crippen molar-refractivity contribution in [3.63, 3.8) is 0 Å². The van der Waals surface area contributed by atoms with E-state index in [9.17, 15) is 5.11 Å². The van der Waals surface area contributed by atoms with E-state index in [2.05, 4.69) is 10.3 Å². The molecular weight excluding hydrogens is 345 g/mol. The molecule has 0 spiro atoms. The summed E-state index contributed by atoms with van der Waals surface area (Å²) >= 11 is 0. The van der Waals surface area contributed by atoms with Crippen LogP contribution in [0.4, 0.5) is 0 Å². The summed E-state index contributed by atoms with van der Waals surface area (Å²) in [5, 5.41) is 17.5. The second kappa shape index (κ2) is 7.17. The van der Waals surface area contributed by atoms with Crippen LogP contribution in [-0.4, -0.2) is 45.0 Å². The molecule has 146 valence electrons. The Kier molecular flexibility index (Phi) is 5.23. The lowest BCUT2D eigenvalue weighted by atomic mass is 9.79. The van der Waals surface area contributed by atoms with E-state index in [1.165, 1.54) is 0 Å². The zero-order chi connectivity index (χ0) is 19.8. The molecule has 27 heavy (non-hydrogen) atoms. The van der Waals surface area contributed by atoms with Crippen LogP contribution < -0.4 is 10.2 Å². The molecule has 1 aliphatic heterocycles. The van der Waals surface area contributed by atoms with Gasteiger partial charge in [0.05, 0.1) is 17.7 Å². The van der Waals surface area contributed by atoms with Gasteiger partial charge in [0, 0.05) is 5.92 Å². The lowest BCUT2D eigenvalue weighted by Gasteiger charge is -2.32. The van der Waals surface area contributed by atoms with Gasteiger partial charge < -0.3 is 19.2 Å². The molecule has 8 heteroatoms. The molecule has 0 radical (unpaired) electrons. The summed E-state index contributed by atoms with van der Waals surface area (Å²) in [7, 11) is -0.379. The maximum absolute atomic E-state index is 9.77. The maximum Gasteiger partial charge on any atom is 0.494 e. The molecule has 0 atom stereocenters. The standard InChI is InChI=1S/C19H28BN3O4/c1-13(2)16-17(24)21-22-23(16)11-12-25-15-9-7-14(8-10-15)20-26-18(3,4)19(5,6)27-20/h7-10,13,24H,11-12H2,1-6H3. The van der Waals surface area contributed by atoms with E-state index < -0.39 is 0 Å². The largest absolute Gasteiger partial charge is 0.494 e. The van der Waals surface area contributed by atoms with Crippen molar-refractivity contribution in [3.05, 3.63) is 30.0 Å². The molecule has 0 bridgehead atoms. The van der Waals surface area contributed by atoms with E-state index >= 15 is 0 Å². The number of ether oxygens (including phenoxy) is 1. The summed E-state index contributed by atoms with van der Waals surface area (Å²) in [6, 6.07) is 7.72. The highest BCUT2D eigenvalue weighted by Crippen LogP contribution is 2.36. The Bertz CT molecular complexity index is 771. The molecule has 7 nitrogen and oxygen atoms in total. The molecule has 0 unspecified atom stereocenters. The number of aromatic nitrogens is 3. The normalized spacial score (nSPS) is 18.3. The van der Waals surface area contributed by atoms with Crippen molar-refractivity contribution >= 4 is 12.6 Å². The van der Waals surface area contributed by atoms with Gasteiger partial charge in [-0.1, -0.05) is 36.3 Å². The first-order valence-corrected chi connectivity index (χ1v) is 9.31. The fourth-order valence-corrected chi connectivity index (χ4v) is 2.98. The monoisotopic (exact) mass is 373 g/mol. The van der Waals surface area contributed by atoms with Gasteiger partial charge in [0.15, 0.2) is 0 Å². The number of benzene rings is 1. The molecule has 1 aromatic carbocycles. The summed E-state index contributed by atoms with van der Waals surface area (Å²) in [5.41, 5.74) is 0.966. The van der Waals surface area contributed by atoms with Gasteiger partial charge >= 0.3 is 7.12 Å². The van der Waals surface area contributed by atoms with Crippen LogP contribution in [-0.2, 0) is 15.9 Å². The predicted octanol–water partition coefficient (Wildman–Crippen LogP) is 2.49. The van der Waals surface area contributed by atoms with Crippen LogP contribution >= 0.6 is 0 Å². The highest BCUT2D eigenvalue weighted by Gasteiger charge is 2.51. The minimum Gasteiger partial charge on any atom is -0.492 e.